The van der Waals surface area contributed by atoms with Gasteiger partial charge in [-0.05, 0) is 51.0 Å². The Morgan fingerprint density at radius 2 is 2.10 bits per heavy atom. The molecule has 0 amide bonds. The quantitative estimate of drug-likeness (QED) is 0.403. The first kappa shape index (κ1) is 18.1. The van der Waals surface area contributed by atoms with E-state index in [-0.39, 0.29) is 29.5 Å². The van der Waals surface area contributed by atoms with Gasteiger partial charge in [-0.25, -0.2) is 0 Å². The van der Waals surface area contributed by atoms with Gasteiger partial charge in [-0.1, -0.05) is 11.6 Å². The molecule has 0 aliphatic rings. The zero-order valence-corrected chi connectivity index (χ0v) is 15.6. The van der Waals surface area contributed by atoms with Gasteiger partial charge in [-0.3, -0.25) is 4.99 Å². The highest BCUT2D eigenvalue weighted by Crippen LogP contribution is 2.22. The number of fused-ring (bicyclic) bond motifs is 1. The number of rotatable bonds is 3. The minimum Gasteiger partial charge on any atom is -0.370 e. The molecule has 0 saturated heterocycles. The monoisotopic (exact) mass is 420 g/mol. The third kappa shape index (κ3) is 5.39. The molecule has 0 fully saturated rings. The average Bonchev–Trinajstić information content (AvgIpc) is 2.69. The minimum absolute atomic E-state index is 0. The van der Waals surface area contributed by atoms with Crippen LogP contribution in [0.5, 0.6) is 0 Å². The van der Waals surface area contributed by atoms with E-state index in [1.165, 1.54) is 5.56 Å². The molecule has 0 unspecified atom stereocenters. The minimum atomic E-state index is -0.0676. The van der Waals surface area contributed by atoms with Gasteiger partial charge in [0.15, 0.2) is 5.96 Å². The van der Waals surface area contributed by atoms with Crippen LogP contribution >= 0.6 is 35.6 Å². The zero-order valence-electron chi connectivity index (χ0n) is 12.5. The number of guanidine groups is 1. The molecule has 1 heterocycles. The van der Waals surface area contributed by atoms with Crippen LogP contribution in [0.3, 0.4) is 0 Å². The van der Waals surface area contributed by atoms with Crippen molar-refractivity contribution in [2.75, 3.05) is 6.54 Å². The number of aromatic amines is 1. The first-order chi connectivity index (χ1) is 9.35. The fraction of sp³-hybridized carbons (Fsp3) is 0.400. The van der Waals surface area contributed by atoms with Gasteiger partial charge >= 0.3 is 0 Å². The van der Waals surface area contributed by atoms with Crippen LogP contribution in [0, 0.1) is 0 Å². The van der Waals surface area contributed by atoms with E-state index >= 15 is 0 Å². The largest absolute Gasteiger partial charge is 0.370 e. The molecule has 0 aliphatic heterocycles. The van der Waals surface area contributed by atoms with Crippen LogP contribution < -0.4 is 11.1 Å². The molecule has 4 nitrogen and oxygen atoms in total. The van der Waals surface area contributed by atoms with Crippen molar-refractivity contribution in [2.45, 2.75) is 32.7 Å². The third-order valence-corrected chi connectivity index (χ3v) is 3.13. The summed E-state index contributed by atoms with van der Waals surface area (Å²) in [5, 5.41) is 5.04. The molecule has 2 rings (SSSR count). The van der Waals surface area contributed by atoms with Crippen LogP contribution in [0.15, 0.2) is 29.4 Å². The summed E-state index contributed by atoms with van der Waals surface area (Å²) in [4.78, 5) is 7.59. The second kappa shape index (κ2) is 7.35. The number of benzene rings is 1. The molecule has 0 bridgehead atoms. The van der Waals surface area contributed by atoms with Crippen molar-refractivity contribution in [3.05, 3.63) is 35.0 Å². The lowest BCUT2D eigenvalue weighted by atomic mass is 10.1. The van der Waals surface area contributed by atoms with Crippen molar-refractivity contribution in [2.24, 2.45) is 10.7 Å². The molecular formula is C15H22ClIN4. The zero-order chi connectivity index (χ0) is 14.8. The Hall–Kier alpha value is -0.950. The van der Waals surface area contributed by atoms with Crippen LogP contribution in [0.4, 0.5) is 0 Å². The summed E-state index contributed by atoms with van der Waals surface area (Å²) in [6.07, 6.45) is 2.83. The standard InChI is InChI=1S/C15H21ClN4.HI/c1-15(2,3)20-14(17)18-7-6-10-9-19-13-5-4-11(16)8-12(10)13;/h4-5,8-9,19H,6-7H2,1-3H3,(H3,17,18,20);1H. The molecule has 116 valence electrons. The molecule has 0 saturated carbocycles. The molecule has 1 aromatic carbocycles. The number of hydrogen-bond donors (Lipinski definition) is 3. The van der Waals surface area contributed by atoms with Gasteiger partial charge in [0, 0.05) is 34.2 Å². The molecule has 1 aromatic heterocycles. The van der Waals surface area contributed by atoms with E-state index in [0.29, 0.717) is 12.5 Å². The second-order valence-corrected chi connectivity index (χ2v) is 6.33. The van der Waals surface area contributed by atoms with Gasteiger partial charge in [-0.2, -0.15) is 0 Å². The summed E-state index contributed by atoms with van der Waals surface area (Å²) in [7, 11) is 0. The van der Waals surface area contributed by atoms with Gasteiger partial charge in [0.2, 0.25) is 0 Å². The fourth-order valence-corrected chi connectivity index (χ4v) is 2.25. The Kier molecular flexibility index (Phi) is 6.34. The highest BCUT2D eigenvalue weighted by molar-refractivity contribution is 14.0. The number of aliphatic imine (C=N–C) groups is 1. The number of nitrogens with one attached hydrogen (secondary N) is 2. The van der Waals surface area contributed by atoms with E-state index in [9.17, 15) is 0 Å². The lowest BCUT2D eigenvalue weighted by molar-refractivity contribution is 0.508. The normalized spacial score (nSPS) is 12.3. The van der Waals surface area contributed by atoms with Crippen LogP contribution in [-0.4, -0.2) is 23.0 Å². The van der Waals surface area contributed by atoms with E-state index in [0.717, 1.165) is 22.3 Å². The first-order valence-corrected chi connectivity index (χ1v) is 7.06. The van der Waals surface area contributed by atoms with Crippen molar-refractivity contribution in [3.63, 3.8) is 0 Å². The molecule has 0 aliphatic carbocycles. The van der Waals surface area contributed by atoms with Crippen LogP contribution in [-0.2, 0) is 6.42 Å². The molecule has 4 N–H and O–H groups in total. The van der Waals surface area contributed by atoms with Gasteiger partial charge in [0.1, 0.15) is 0 Å². The molecule has 0 spiro atoms. The van der Waals surface area contributed by atoms with Gasteiger partial charge in [0.05, 0.1) is 0 Å². The Morgan fingerprint density at radius 3 is 2.76 bits per heavy atom. The van der Waals surface area contributed by atoms with Crippen molar-refractivity contribution in [1.82, 2.24) is 10.3 Å². The predicted molar refractivity (Wildman–Crippen MR) is 102 cm³/mol. The van der Waals surface area contributed by atoms with Crippen molar-refractivity contribution < 1.29 is 0 Å². The molecule has 0 radical (unpaired) electrons. The topological polar surface area (TPSA) is 66.2 Å². The second-order valence-electron chi connectivity index (χ2n) is 5.90. The maximum Gasteiger partial charge on any atom is 0.188 e. The van der Waals surface area contributed by atoms with Crippen molar-refractivity contribution in [1.29, 1.82) is 0 Å². The van der Waals surface area contributed by atoms with Crippen LogP contribution in [0.2, 0.25) is 5.02 Å². The molecule has 2 aromatic rings. The number of halogens is 2. The van der Waals surface area contributed by atoms with Gasteiger partial charge < -0.3 is 16.0 Å². The maximum atomic E-state index is 6.03. The SMILES string of the molecule is CC(C)(C)NC(N)=NCCc1c[nH]c2ccc(Cl)cc12.I. The van der Waals surface area contributed by atoms with E-state index in [4.69, 9.17) is 17.3 Å². The summed E-state index contributed by atoms with van der Waals surface area (Å²) < 4.78 is 0. The summed E-state index contributed by atoms with van der Waals surface area (Å²) in [5.41, 5.74) is 8.07. The Bertz CT molecular complexity index is 628. The smallest absolute Gasteiger partial charge is 0.188 e. The predicted octanol–water partition coefficient (Wildman–Crippen LogP) is 3.68. The number of nitrogens with zero attached hydrogens (tertiary/aromatic N) is 1. The summed E-state index contributed by atoms with van der Waals surface area (Å²) in [6, 6.07) is 5.84. The third-order valence-electron chi connectivity index (χ3n) is 2.90. The highest BCUT2D eigenvalue weighted by Gasteiger charge is 2.09. The number of aromatic nitrogens is 1. The first-order valence-electron chi connectivity index (χ1n) is 6.69. The Balaban J connectivity index is 0.00000220. The van der Waals surface area contributed by atoms with E-state index in [1.54, 1.807) is 0 Å². The average molecular weight is 421 g/mol. The lowest BCUT2D eigenvalue weighted by Crippen LogP contribution is -2.45. The molecule has 0 atom stereocenters. The number of H-pyrrole nitrogens is 1. The summed E-state index contributed by atoms with van der Waals surface area (Å²) >= 11 is 6.03. The van der Waals surface area contributed by atoms with E-state index < -0.39 is 0 Å². The van der Waals surface area contributed by atoms with Gasteiger partial charge in [0.25, 0.3) is 0 Å². The van der Waals surface area contributed by atoms with Crippen molar-refractivity contribution in [3.8, 4) is 0 Å². The highest BCUT2D eigenvalue weighted by atomic mass is 127. The van der Waals surface area contributed by atoms with Crippen LogP contribution in [0.25, 0.3) is 10.9 Å². The number of hydrogen-bond acceptors (Lipinski definition) is 1. The van der Waals surface area contributed by atoms with Crippen LogP contribution in [0.1, 0.15) is 26.3 Å². The van der Waals surface area contributed by atoms with E-state index in [1.807, 2.05) is 24.4 Å². The van der Waals surface area contributed by atoms with Gasteiger partial charge in [-0.15, -0.1) is 24.0 Å². The van der Waals surface area contributed by atoms with Crippen molar-refractivity contribution >= 4 is 52.4 Å². The Morgan fingerprint density at radius 1 is 1.38 bits per heavy atom. The molecule has 6 heteroatoms. The summed E-state index contributed by atoms with van der Waals surface area (Å²) in [6.45, 7) is 6.81. The number of nitrogens with two attached hydrogens (primary N) is 1. The summed E-state index contributed by atoms with van der Waals surface area (Å²) in [5.74, 6) is 0.482. The fourth-order valence-electron chi connectivity index (χ4n) is 2.08. The molecular weight excluding hydrogens is 399 g/mol. The lowest BCUT2D eigenvalue weighted by Gasteiger charge is -2.20. The van der Waals surface area contributed by atoms with E-state index in [2.05, 4.69) is 36.1 Å². The maximum absolute atomic E-state index is 6.03. The Labute approximate surface area is 147 Å². The molecule has 21 heavy (non-hydrogen) atoms.